The molecular formula is C17H29N3OS. The lowest BCUT2D eigenvalue weighted by molar-refractivity contribution is 0.134. The highest BCUT2D eigenvalue weighted by molar-refractivity contribution is 7.09. The number of hydrogen-bond acceptors (Lipinski definition) is 3. The summed E-state index contributed by atoms with van der Waals surface area (Å²) in [5, 5.41) is 5.26. The molecule has 0 saturated carbocycles. The lowest BCUT2D eigenvalue weighted by Crippen LogP contribution is -2.52. The average molecular weight is 324 g/mol. The van der Waals surface area contributed by atoms with Gasteiger partial charge in [0, 0.05) is 43.6 Å². The molecule has 0 radical (unpaired) electrons. The van der Waals surface area contributed by atoms with Crippen LogP contribution in [0.15, 0.2) is 17.5 Å². The molecule has 5 heteroatoms. The summed E-state index contributed by atoms with van der Waals surface area (Å²) in [6, 6.07) is 4.65. The number of piperazine rings is 1. The van der Waals surface area contributed by atoms with Crippen LogP contribution in [-0.2, 0) is 6.54 Å². The Hall–Kier alpha value is -1.07. The van der Waals surface area contributed by atoms with Gasteiger partial charge in [0.25, 0.3) is 0 Å². The predicted molar refractivity (Wildman–Crippen MR) is 93.2 cm³/mol. The second kappa shape index (κ2) is 8.53. The third-order valence-corrected chi connectivity index (χ3v) is 5.03. The Balaban J connectivity index is 1.68. The molecule has 2 heterocycles. The second-order valence-corrected chi connectivity index (χ2v) is 7.70. The summed E-state index contributed by atoms with van der Waals surface area (Å²) in [7, 11) is 0. The molecule has 1 aromatic rings. The molecule has 1 fully saturated rings. The van der Waals surface area contributed by atoms with E-state index in [4.69, 9.17) is 0 Å². The number of nitrogens with zero attached hydrogens (tertiary/aromatic N) is 2. The van der Waals surface area contributed by atoms with Crippen LogP contribution in [0.5, 0.6) is 0 Å². The van der Waals surface area contributed by atoms with Gasteiger partial charge in [-0.3, -0.25) is 4.90 Å². The Morgan fingerprint density at radius 2 is 1.95 bits per heavy atom. The first-order chi connectivity index (χ1) is 10.5. The lowest BCUT2D eigenvalue weighted by Gasteiger charge is -2.35. The summed E-state index contributed by atoms with van der Waals surface area (Å²) >= 11 is 1.81. The molecule has 1 N–H and O–H groups in total. The quantitative estimate of drug-likeness (QED) is 0.871. The maximum atomic E-state index is 12.3. The van der Waals surface area contributed by atoms with Crippen molar-refractivity contribution in [3.05, 3.63) is 22.4 Å². The van der Waals surface area contributed by atoms with Gasteiger partial charge in [0.1, 0.15) is 0 Å². The second-order valence-electron chi connectivity index (χ2n) is 6.66. The normalized spacial score (nSPS) is 17.7. The van der Waals surface area contributed by atoms with Crippen LogP contribution in [0, 0.1) is 5.92 Å². The van der Waals surface area contributed by atoms with E-state index in [2.05, 4.69) is 48.5 Å². The van der Waals surface area contributed by atoms with Crippen LogP contribution in [0.2, 0.25) is 0 Å². The van der Waals surface area contributed by atoms with Crippen molar-refractivity contribution in [1.82, 2.24) is 15.1 Å². The van der Waals surface area contributed by atoms with Crippen molar-refractivity contribution in [3.8, 4) is 0 Å². The highest BCUT2D eigenvalue weighted by Gasteiger charge is 2.22. The van der Waals surface area contributed by atoms with Gasteiger partial charge in [-0.25, -0.2) is 4.79 Å². The molecule has 1 aliphatic heterocycles. The van der Waals surface area contributed by atoms with Crippen LogP contribution in [0.1, 0.15) is 38.5 Å². The van der Waals surface area contributed by atoms with Gasteiger partial charge in [-0.2, -0.15) is 0 Å². The molecule has 0 bridgehead atoms. The molecular weight excluding hydrogens is 294 g/mol. The van der Waals surface area contributed by atoms with E-state index >= 15 is 0 Å². The number of amides is 2. The number of urea groups is 1. The summed E-state index contributed by atoms with van der Waals surface area (Å²) in [5.74, 6) is 0.695. The first-order valence-corrected chi connectivity index (χ1v) is 9.22. The topological polar surface area (TPSA) is 35.6 Å². The van der Waals surface area contributed by atoms with Crippen molar-refractivity contribution in [2.75, 3.05) is 26.2 Å². The molecule has 1 aliphatic rings. The van der Waals surface area contributed by atoms with Gasteiger partial charge in [0.15, 0.2) is 0 Å². The lowest BCUT2D eigenvalue weighted by atomic mass is 10.0. The van der Waals surface area contributed by atoms with Gasteiger partial charge in [-0.05, 0) is 37.1 Å². The molecule has 2 rings (SSSR count). The number of hydrogen-bond donors (Lipinski definition) is 1. The van der Waals surface area contributed by atoms with Crippen LogP contribution in [0.3, 0.4) is 0 Å². The van der Waals surface area contributed by atoms with Crippen molar-refractivity contribution in [3.63, 3.8) is 0 Å². The minimum atomic E-state index is 0.104. The first kappa shape index (κ1) is 17.3. The Morgan fingerprint density at radius 1 is 1.23 bits per heavy atom. The van der Waals surface area contributed by atoms with Gasteiger partial charge in [0.05, 0.1) is 0 Å². The van der Waals surface area contributed by atoms with Crippen molar-refractivity contribution < 1.29 is 4.79 Å². The predicted octanol–water partition coefficient (Wildman–Crippen LogP) is 3.40. The molecule has 1 aromatic heterocycles. The molecule has 22 heavy (non-hydrogen) atoms. The number of carbonyl (C=O) groups excluding carboxylic acids is 1. The van der Waals surface area contributed by atoms with Gasteiger partial charge >= 0.3 is 6.03 Å². The van der Waals surface area contributed by atoms with Gasteiger partial charge < -0.3 is 10.2 Å². The molecule has 0 aliphatic carbocycles. The largest absolute Gasteiger partial charge is 0.336 e. The molecule has 2 amide bonds. The fraction of sp³-hybridized carbons (Fsp3) is 0.706. The van der Waals surface area contributed by atoms with Crippen molar-refractivity contribution >= 4 is 17.4 Å². The van der Waals surface area contributed by atoms with E-state index in [1.807, 2.05) is 4.90 Å². The van der Waals surface area contributed by atoms with Crippen molar-refractivity contribution in [2.45, 2.75) is 46.2 Å². The number of rotatable bonds is 6. The molecule has 1 saturated heterocycles. The summed E-state index contributed by atoms with van der Waals surface area (Å²) in [6.07, 6.45) is 2.22. The summed E-state index contributed by atoms with van der Waals surface area (Å²) < 4.78 is 0. The van der Waals surface area contributed by atoms with Crippen LogP contribution >= 0.6 is 11.3 Å². The zero-order valence-electron chi connectivity index (χ0n) is 14.0. The number of nitrogens with one attached hydrogen (secondary N) is 1. The van der Waals surface area contributed by atoms with Crippen LogP contribution in [0.4, 0.5) is 4.79 Å². The fourth-order valence-corrected chi connectivity index (χ4v) is 3.44. The third kappa shape index (κ3) is 5.61. The highest BCUT2D eigenvalue weighted by Crippen LogP contribution is 2.14. The molecule has 1 unspecified atom stereocenters. The van der Waals surface area contributed by atoms with Gasteiger partial charge in [-0.1, -0.05) is 19.9 Å². The van der Waals surface area contributed by atoms with E-state index in [0.29, 0.717) is 5.92 Å². The van der Waals surface area contributed by atoms with Crippen molar-refractivity contribution in [2.24, 2.45) is 5.92 Å². The molecule has 124 valence electrons. The van der Waals surface area contributed by atoms with E-state index in [9.17, 15) is 4.79 Å². The number of carbonyl (C=O) groups is 1. The Bertz CT molecular complexity index is 439. The Kier molecular flexibility index (Phi) is 6.70. The average Bonchev–Trinajstić information content (AvgIpc) is 2.99. The van der Waals surface area contributed by atoms with Crippen LogP contribution in [-0.4, -0.2) is 48.1 Å². The highest BCUT2D eigenvalue weighted by atomic mass is 32.1. The number of thiophene rings is 1. The van der Waals surface area contributed by atoms with Gasteiger partial charge in [-0.15, -0.1) is 11.3 Å². The minimum absolute atomic E-state index is 0.104. The Labute approximate surface area is 138 Å². The smallest absolute Gasteiger partial charge is 0.317 e. The standard InChI is InChI=1S/C17H29N3OS/c1-14(2)6-7-15(3)18-17(21)20-10-8-19(9-11-20)13-16-5-4-12-22-16/h4-5,12,14-15H,6-11,13H2,1-3H3,(H,18,21). The van der Waals surface area contributed by atoms with Crippen LogP contribution in [0.25, 0.3) is 0 Å². The zero-order valence-corrected chi connectivity index (χ0v) is 14.9. The Morgan fingerprint density at radius 3 is 2.55 bits per heavy atom. The molecule has 1 atom stereocenters. The maximum Gasteiger partial charge on any atom is 0.317 e. The van der Waals surface area contributed by atoms with E-state index in [0.717, 1.165) is 45.6 Å². The first-order valence-electron chi connectivity index (χ1n) is 8.34. The fourth-order valence-electron chi connectivity index (χ4n) is 2.69. The molecule has 0 spiro atoms. The van der Waals surface area contributed by atoms with Crippen molar-refractivity contribution in [1.29, 1.82) is 0 Å². The van der Waals surface area contributed by atoms with E-state index < -0.39 is 0 Å². The molecule has 4 nitrogen and oxygen atoms in total. The monoisotopic (exact) mass is 323 g/mol. The van der Waals surface area contributed by atoms with Gasteiger partial charge in [0.2, 0.25) is 0 Å². The van der Waals surface area contributed by atoms with E-state index in [1.165, 1.54) is 4.88 Å². The zero-order chi connectivity index (χ0) is 15.9. The summed E-state index contributed by atoms with van der Waals surface area (Å²) in [5.41, 5.74) is 0. The third-order valence-electron chi connectivity index (χ3n) is 4.17. The van der Waals surface area contributed by atoms with E-state index in [-0.39, 0.29) is 12.1 Å². The molecule has 0 aromatic carbocycles. The maximum absolute atomic E-state index is 12.3. The summed E-state index contributed by atoms with van der Waals surface area (Å²) in [6.45, 7) is 11.1. The van der Waals surface area contributed by atoms with Crippen LogP contribution < -0.4 is 5.32 Å². The minimum Gasteiger partial charge on any atom is -0.336 e. The SMILES string of the molecule is CC(C)CCC(C)NC(=O)N1CCN(Cc2cccs2)CC1. The summed E-state index contributed by atoms with van der Waals surface area (Å²) in [4.78, 5) is 18.1. The van der Waals surface area contributed by atoms with E-state index in [1.54, 1.807) is 11.3 Å².